The van der Waals surface area contributed by atoms with E-state index in [1.54, 1.807) is 9.80 Å². The Bertz CT molecular complexity index is 586. The molecule has 0 spiro atoms. The first-order valence-electron chi connectivity index (χ1n) is 7.96. The highest BCUT2D eigenvalue weighted by atomic mass is 35.5. The molecule has 2 amide bonds. The van der Waals surface area contributed by atoms with Crippen molar-refractivity contribution in [2.24, 2.45) is 0 Å². The number of nitrogens with zero attached hydrogens (tertiary/aromatic N) is 2. The Labute approximate surface area is 147 Å². The van der Waals surface area contributed by atoms with Crippen molar-refractivity contribution >= 4 is 23.6 Å². The Hall–Kier alpha value is -1.95. The van der Waals surface area contributed by atoms with Crippen molar-refractivity contribution in [2.75, 3.05) is 45.3 Å². The van der Waals surface area contributed by atoms with Crippen molar-refractivity contribution in [3.8, 4) is 5.75 Å². The lowest BCUT2D eigenvalue weighted by Crippen LogP contribution is -2.51. The standard InChI is InChI=1S/C17H23ClN2O4/c1-13-3-4-15(11-14(13)2)24-12-16(21)19-6-8-20(9-7-19)17(22)23-10-5-18/h3-4,11H,5-10,12H2,1-2H3. The van der Waals surface area contributed by atoms with Crippen molar-refractivity contribution < 1.29 is 19.1 Å². The summed E-state index contributed by atoms with van der Waals surface area (Å²) in [5.74, 6) is 0.886. The summed E-state index contributed by atoms with van der Waals surface area (Å²) in [5.41, 5.74) is 2.31. The molecular formula is C17H23ClN2O4. The molecule has 1 saturated heterocycles. The molecule has 0 radical (unpaired) electrons. The molecule has 0 unspecified atom stereocenters. The van der Waals surface area contributed by atoms with Crippen LogP contribution in [0, 0.1) is 13.8 Å². The van der Waals surface area contributed by atoms with E-state index in [1.165, 1.54) is 5.56 Å². The van der Waals surface area contributed by atoms with Gasteiger partial charge in [-0.05, 0) is 37.1 Å². The maximum atomic E-state index is 12.2. The smallest absolute Gasteiger partial charge is 0.409 e. The number of amides is 2. The zero-order chi connectivity index (χ0) is 17.5. The molecule has 6 nitrogen and oxygen atoms in total. The molecule has 2 rings (SSSR count). The van der Waals surface area contributed by atoms with Crippen LogP contribution in [-0.4, -0.2) is 67.1 Å². The van der Waals surface area contributed by atoms with Gasteiger partial charge in [-0.2, -0.15) is 0 Å². The highest BCUT2D eigenvalue weighted by molar-refractivity contribution is 6.18. The second-order valence-electron chi connectivity index (χ2n) is 5.71. The zero-order valence-corrected chi connectivity index (χ0v) is 14.8. The fraction of sp³-hybridized carbons (Fsp3) is 0.529. The van der Waals surface area contributed by atoms with Crippen molar-refractivity contribution in [1.29, 1.82) is 0 Å². The first kappa shape index (κ1) is 18.4. The Morgan fingerprint density at radius 1 is 1.08 bits per heavy atom. The highest BCUT2D eigenvalue weighted by Crippen LogP contribution is 2.16. The number of hydrogen-bond acceptors (Lipinski definition) is 4. The molecule has 1 fully saturated rings. The SMILES string of the molecule is Cc1ccc(OCC(=O)N2CCN(C(=O)OCCCl)CC2)cc1C. The second-order valence-corrected chi connectivity index (χ2v) is 6.08. The van der Waals surface area contributed by atoms with Gasteiger partial charge in [0.1, 0.15) is 12.4 Å². The van der Waals surface area contributed by atoms with Gasteiger partial charge in [0.2, 0.25) is 0 Å². The largest absolute Gasteiger partial charge is 0.484 e. The lowest BCUT2D eigenvalue weighted by molar-refractivity contribution is -0.134. The summed E-state index contributed by atoms with van der Waals surface area (Å²) in [7, 11) is 0. The fourth-order valence-electron chi connectivity index (χ4n) is 2.40. The number of halogens is 1. The predicted molar refractivity (Wildman–Crippen MR) is 91.6 cm³/mol. The van der Waals surface area contributed by atoms with Crippen LogP contribution in [-0.2, 0) is 9.53 Å². The molecular weight excluding hydrogens is 332 g/mol. The van der Waals surface area contributed by atoms with Gasteiger partial charge in [0, 0.05) is 26.2 Å². The zero-order valence-electron chi connectivity index (χ0n) is 14.1. The number of aryl methyl sites for hydroxylation is 2. The minimum absolute atomic E-state index is 0.000798. The summed E-state index contributed by atoms with van der Waals surface area (Å²) in [6, 6.07) is 5.76. The molecule has 24 heavy (non-hydrogen) atoms. The first-order valence-corrected chi connectivity index (χ1v) is 8.50. The first-order chi connectivity index (χ1) is 11.5. The Balaban J connectivity index is 1.76. The lowest BCUT2D eigenvalue weighted by atomic mass is 10.1. The molecule has 0 aromatic heterocycles. The quantitative estimate of drug-likeness (QED) is 0.761. The van der Waals surface area contributed by atoms with Gasteiger partial charge < -0.3 is 19.3 Å². The molecule has 7 heteroatoms. The third-order valence-corrected chi connectivity index (χ3v) is 4.19. The van der Waals surface area contributed by atoms with E-state index in [0.29, 0.717) is 31.9 Å². The van der Waals surface area contributed by atoms with E-state index < -0.39 is 0 Å². The van der Waals surface area contributed by atoms with E-state index in [-0.39, 0.29) is 31.1 Å². The van der Waals surface area contributed by atoms with Gasteiger partial charge in [0.05, 0.1) is 5.88 Å². The van der Waals surface area contributed by atoms with Gasteiger partial charge in [0.25, 0.3) is 5.91 Å². The number of carbonyl (C=O) groups is 2. The summed E-state index contributed by atoms with van der Waals surface area (Å²) in [6.07, 6.45) is -0.380. The molecule has 1 aliphatic heterocycles. The number of benzene rings is 1. The van der Waals surface area contributed by atoms with Crippen molar-refractivity contribution in [3.05, 3.63) is 29.3 Å². The minimum Gasteiger partial charge on any atom is -0.484 e. The average molecular weight is 355 g/mol. The predicted octanol–water partition coefficient (Wildman–Crippen LogP) is 2.20. The number of carbonyl (C=O) groups excluding carboxylic acids is 2. The summed E-state index contributed by atoms with van der Waals surface area (Å²) in [4.78, 5) is 27.2. The van der Waals surface area contributed by atoms with Crippen LogP contribution in [0.5, 0.6) is 5.75 Å². The lowest BCUT2D eigenvalue weighted by Gasteiger charge is -2.34. The van der Waals surface area contributed by atoms with Crippen molar-refractivity contribution in [1.82, 2.24) is 9.80 Å². The fourth-order valence-corrected chi connectivity index (χ4v) is 2.47. The van der Waals surface area contributed by atoms with Crippen LogP contribution in [0.1, 0.15) is 11.1 Å². The molecule has 1 heterocycles. The highest BCUT2D eigenvalue weighted by Gasteiger charge is 2.25. The van der Waals surface area contributed by atoms with E-state index >= 15 is 0 Å². The Kier molecular flexibility index (Phi) is 6.73. The van der Waals surface area contributed by atoms with Gasteiger partial charge in [-0.1, -0.05) is 6.07 Å². The van der Waals surface area contributed by atoms with Crippen molar-refractivity contribution in [3.63, 3.8) is 0 Å². The molecule has 0 aliphatic carbocycles. The number of hydrogen-bond donors (Lipinski definition) is 0. The molecule has 132 valence electrons. The monoisotopic (exact) mass is 354 g/mol. The Morgan fingerprint density at radius 2 is 1.75 bits per heavy atom. The van der Waals surface area contributed by atoms with Gasteiger partial charge >= 0.3 is 6.09 Å². The summed E-state index contributed by atoms with van der Waals surface area (Å²) in [5, 5.41) is 0. The molecule has 0 atom stereocenters. The molecule has 0 saturated carbocycles. The van der Waals surface area contributed by atoms with Gasteiger partial charge in [0.15, 0.2) is 6.61 Å². The summed E-state index contributed by atoms with van der Waals surface area (Å²) < 4.78 is 10.6. The number of ether oxygens (including phenoxy) is 2. The second kappa shape index (κ2) is 8.78. The van der Waals surface area contributed by atoms with E-state index in [9.17, 15) is 9.59 Å². The van der Waals surface area contributed by atoms with Crippen LogP contribution in [0.4, 0.5) is 4.79 Å². The van der Waals surface area contributed by atoms with Gasteiger partial charge in [-0.15, -0.1) is 11.6 Å². The van der Waals surface area contributed by atoms with E-state index in [2.05, 4.69) is 0 Å². The molecule has 1 aliphatic rings. The molecule has 1 aromatic carbocycles. The third kappa shape index (κ3) is 5.03. The number of alkyl halides is 1. The minimum atomic E-state index is -0.380. The van der Waals surface area contributed by atoms with Crippen LogP contribution in [0.3, 0.4) is 0 Å². The maximum Gasteiger partial charge on any atom is 0.409 e. The van der Waals surface area contributed by atoms with Gasteiger partial charge in [-0.25, -0.2) is 4.79 Å². The molecule has 0 bridgehead atoms. The van der Waals surface area contributed by atoms with Crippen LogP contribution >= 0.6 is 11.6 Å². The normalized spacial score (nSPS) is 14.5. The Morgan fingerprint density at radius 3 is 2.38 bits per heavy atom. The van der Waals surface area contributed by atoms with Crippen LogP contribution in [0.15, 0.2) is 18.2 Å². The molecule has 0 N–H and O–H groups in total. The van der Waals surface area contributed by atoms with Crippen LogP contribution in [0.2, 0.25) is 0 Å². The van der Waals surface area contributed by atoms with E-state index in [4.69, 9.17) is 21.1 Å². The third-order valence-electron chi connectivity index (χ3n) is 4.03. The summed E-state index contributed by atoms with van der Waals surface area (Å²) in [6.45, 7) is 6.10. The molecule has 1 aromatic rings. The van der Waals surface area contributed by atoms with Crippen LogP contribution in [0.25, 0.3) is 0 Å². The summed E-state index contributed by atoms with van der Waals surface area (Å²) >= 11 is 5.49. The maximum absolute atomic E-state index is 12.2. The number of rotatable bonds is 5. The van der Waals surface area contributed by atoms with E-state index in [0.717, 1.165) is 5.56 Å². The number of piperazine rings is 1. The van der Waals surface area contributed by atoms with Crippen LogP contribution < -0.4 is 4.74 Å². The van der Waals surface area contributed by atoms with E-state index in [1.807, 2.05) is 32.0 Å². The average Bonchev–Trinajstić information content (AvgIpc) is 2.60. The van der Waals surface area contributed by atoms with Crippen molar-refractivity contribution in [2.45, 2.75) is 13.8 Å². The topological polar surface area (TPSA) is 59.1 Å². The van der Waals surface area contributed by atoms with Gasteiger partial charge in [-0.3, -0.25) is 4.79 Å².